The first-order chi connectivity index (χ1) is 22.1. The molecule has 4 heterocycles. The standard InChI is InChI=1S/C33H29N7O5/c1-20-28-29(22-12-15-25(42-3)26(16-22)43-4)30-31-36-27(18-44-35-17-21-10-13-24(41-2)14-11-21)38-39(31)19-34-32(30)45-33(28)40(37-20)23-8-6-5-7-9-23/h5-17,19,29H,18H2,1-4H3/b35-17-/t29-/m0/s1. The van der Waals surface area contributed by atoms with Gasteiger partial charge in [-0.1, -0.05) is 29.4 Å². The lowest BCUT2D eigenvalue weighted by atomic mass is 9.84. The molecule has 226 valence electrons. The molecule has 0 unspecified atom stereocenters. The molecule has 0 N–H and O–H groups in total. The topological polar surface area (TPSA) is 119 Å². The van der Waals surface area contributed by atoms with Crippen LogP contribution in [0.2, 0.25) is 0 Å². The molecule has 1 aliphatic rings. The maximum Gasteiger partial charge on any atom is 0.230 e. The predicted molar refractivity (Wildman–Crippen MR) is 165 cm³/mol. The normalized spacial score (nSPS) is 13.7. The number of hydrogen-bond donors (Lipinski definition) is 0. The monoisotopic (exact) mass is 603 g/mol. The van der Waals surface area contributed by atoms with E-state index in [0.29, 0.717) is 34.7 Å². The van der Waals surface area contributed by atoms with Gasteiger partial charge in [-0.25, -0.2) is 19.2 Å². The van der Waals surface area contributed by atoms with E-state index in [0.717, 1.165) is 39.4 Å². The van der Waals surface area contributed by atoms with Gasteiger partial charge in [0.15, 0.2) is 29.6 Å². The van der Waals surface area contributed by atoms with Gasteiger partial charge in [0.2, 0.25) is 11.8 Å². The second-order valence-corrected chi connectivity index (χ2v) is 10.2. The lowest BCUT2D eigenvalue weighted by molar-refractivity contribution is 0.126. The maximum atomic E-state index is 6.51. The van der Waals surface area contributed by atoms with Crippen LogP contribution >= 0.6 is 0 Å². The summed E-state index contributed by atoms with van der Waals surface area (Å²) in [5, 5.41) is 13.6. The molecule has 7 rings (SSSR count). The van der Waals surface area contributed by atoms with Crippen LogP contribution in [0.5, 0.6) is 29.0 Å². The Kier molecular flexibility index (Phi) is 7.22. The van der Waals surface area contributed by atoms with Crippen molar-refractivity contribution in [1.29, 1.82) is 0 Å². The van der Waals surface area contributed by atoms with Crippen molar-refractivity contribution in [3.05, 3.63) is 113 Å². The Morgan fingerprint density at radius 2 is 1.69 bits per heavy atom. The molecule has 0 bridgehead atoms. The summed E-state index contributed by atoms with van der Waals surface area (Å²) < 4.78 is 26.3. The zero-order chi connectivity index (χ0) is 30.9. The van der Waals surface area contributed by atoms with E-state index in [1.165, 1.54) is 0 Å². The quantitative estimate of drug-likeness (QED) is 0.156. The van der Waals surface area contributed by atoms with E-state index in [1.54, 1.807) is 43.1 Å². The van der Waals surface area contributed by atoms with Crippen molar-refractivity contribution in [2.24, 2.45) is 5.16 Å². The number of fused-ring (bicyclic) bond motifs is 4. The molecule has 1 aliphatic heterocycles. The van der Waals surface area contributed by atoms with Crippen molar-refractivity contribution in [3.63, 3.8) is 0 Å². The number of methoxy groups -OCH3 is 3. The van der Waals surface area contributed by atoms with Crippen molar-refractivity contribution in [2.45, 2.75) is 19.4 Å². The zero-order valence-electron chi connectivity index (χ0n) is 25.0. The molecule has 0 fully saturated rings. The lowest BCUT2D eigenvalue weighted by Crippen LogP contribution is -2.16. The number of rotatable bonds is 9. The second-order valence-electron chi connectivity index (χ2n) is 10.2. The fourth-order valence-electron chi connectivity index (χ4n) is 5.48. The SMILES string of the molecule is COc1ccc(/C=N\OCc2nc3c4c(ncn3n2)Oc2c(c(C)nn2-c2ccccc2)[C@@H]4c2ccc(OC)c(OC)c2)cc1. The van der Waals surface area contributed by atoms with E-state index in [4.69, 9.17) is 33.9 Å². The summed E-state index contributed by atoms with van der Waals surface area (Å²) in [5.41, 5.74) is 5.68. The van der Waals surface area contributed by atoms with Crippen molar-refractivity contribution in [3.8, 4) is 34.7 Å². The summed E-state index contributed by atoms with van der Waals surface area (Å²) in [6.07, 6.45) is 3.20. The summed E-state index contributed by atoms with van der Waals surface area (Å²) in [6, 6.07) is 23.2. The van der Waals surface area contributed by atoms with Gasteiger partial charge in [-0.15, -0.1) is 5.10 Å². The summed E-state index contributed by atoms with van der Waals surface area (Å²) in [6.45, 7) is 2.03. The van der Waals surface area contributed by atoms with Crippen LogP contribution in [-0.2, 0) is 11.4 Å². The Balaban J connectivity index is 1.30. The van der Waals surface area contributed by atoms with E-state index in [9.17, 15) is 0 Å². The Morgan fingerprint density at radius 3 is 2.44 bits per heavy atom. The van der Waals surface area contributed by atoms with Crippen LogP contribution in [0.3, 0.4) is 0 Å². The van der Waals surface area contributed by atoms with E-state index < -0.39 is 0 Å². The number of oxime groups is 1. The van der Waals surface area contributed by atoms with E-state index in [1.807, 2.05) is 79.7 Å². The van der Waals surface area contributed by atoms with Gasteiger partial charge in [-0.2, -0.15) is 5.10 Å². The number of aromatic nitrogens is 6. The van der Waals surface area contributed by atoms with Crippen LogP contribution in [0, 0.1) is 6.92 Å². The molecular weight excluding hydrogens is 574 g/mol. The first-order valence-corrected chi connectivity index (χ1v) is 14.2. The molecule has 1 atom stereocenters. The highest BCUT2D eigenvalue weighted by atomic mass is 16.6. The van der Waals surface area contributed by atoms with E-state index >= 15 is 0 Å². The Morgan fingerprint density at radius 1 is 0.889 bits per heavy atom. The van der Waals surface area contributed by atoms with Gasteiger partial charge in [-0.3, -0.25) is 0 Å². The predicted octanol–water partition coefficient (Wildman–Crippen LogP) is 5.48. The first-order valence-electron chi connectivity index (χ1n) is 14.2. The number of nitrogens with zero attached hydrogens (tertiary/aromatic N) is 7. The van der Waals surface area contributed by atoms with Crippen LogP contribution < -0.4 is 18.9 Å². The first kappa shape index (κ1) is 27.9. The Hall–Kier alpha value is -5.91. The van der Waals surface area contributed by atoms with E-state index in [2.05, 4.69) is 15.2 Å². The van der Waals surface area contributed by atoms with Crippen molar-refractivity contribution < 1.29 is 23.8 Å². The summed E-state index contributed by atoms with van der Waals surface area (Å²) in [4.78, 5) is 15.1. The van der Waals surface area contributed by atoms with Gasteiger partial charge in [-0.05, 0) is 66.6 Å². The summed E-state index contributed by atoms with van der Waals surface area (Å²) in [5.74, 6) is 3.06. The highest BCUT2D eigenvalue weighted by Crippen LogP contribution is 2.50. The fraction of sp³-hybridized carbons (Fsp3) is 0.182. The van der Waals surface area contributed by atoms with Crippen LogP contribution in [0.4, 0.5) is 0 Å². The molecule has 0 aliphatic carbocycles. The van der Waals surface area contributed by atoms with Crippen LogP contribution in [0.25, 0.3) is 11.3 Å². The summed E-state index contributed by atoms with van der Waals surface area (Å²) >= 11 is 0. The van der Waals surface area contributed by atoms with Crippen LogP contribution in [0.1, 0.15) is 39.7 Å². The minimum absolute atomic E-state index is 0.0568. The third-order valence-electron chi connectivity index (χ3n) is 7.59. The molecule has 0 amide bonds. The molecule has 6 aromatic rings. The molecule has 45 heavy (non-hydrogen) atoms. The molecule has 0 saturated carbocycles. The molecule has 3 aromatic heterocycles. The largest absolute Gasteiger partial charge is 0.497 e. The number of hydrogen-bond acceptors (Lipinski definition) is 10. The minimum Gasteiger partial charge on any atom is -0.497 e. The molecule has 12 heteroatoms. The average molecular weight is 604 g/mol. The van der Waals surface area contributed by atoms with Gasteiger partial charge in [0.1, 0.15) is 12.1 Å². The van der Waals surface area contributed by atoms with E-state index in [-0.39, 0.29) is 12.5 Å². The van der Waals surface area contributed by atoms with Gasteiger partial charge in [0.25, 0.3) is 0 Å². The average Bonchev–Trinajstić information content (AvgIpc) is 3.66. The van der Waals surface area contributed by atoms with Gasteiger partial charge < -0.3 is 23.8 Å². The number of ether oxygens (including phenoxy) is 4. The molecule has 0 saturated heterocycles. The third kappa shape index (κ3) is 5.05. The smallest absolute Gasteiger partial charge is 0.230 e. The molecular formula is C33H29N7O5. The Labute approximate surface area is 258 Å². The van der Waals surface area contributed by atoms with Gasteiger partial charge >= 0.3 is 0 Å². The zero-order valence-corrected chi connectivity index (χ0v) is 25.0. The fourth-order valence-corrected chi connectivity index (χ4v) is 5.48. The molecule has 12 nitrogen and oxygen atoms in total. The molecule has 0 radical (unpaired) electrons. The number of para-hydroxylation sites is 1. The summed E-state index contributed by atoms with van der Waals surface area (Å²) in [7, 11) is 4.85. The Bertz CT molecular complexity index is 2020. The molecule has 0 spiro atoms. The highest BCUT2D eigenvalue weighted by molar-refractivity contribution is 5.79. The lowest BCUT2D eigenvalue weighted by Gasteiger charge is -2.26. The van der Waals surface area contributed by atoms with Gasteiger partial charge in [0, 0.05) is 0 Å². The minimum atomic E-state index is -0.358. The second kappa shape index (κ2) is 11.6. The van der Waals surface area contributed by atoms with Crippen LogP contribution in [0.15, 0.2) is 84.3 Å². The number of benzene rings is 3. The van der Waals surface area contributed by atoms with Gasteiger partial charge in [0.05, 0.1) is 56.0 Å². The number of aryl methyl sites for hydroxylation is 1. The highest BCUT2D eigenvalue weighted by Gasteiger charge is 2.38. The third-order valence-corrected chi connectivity index (χ3v) is 7.59. The van der Waals surface area contributed by atoms with Crippen molar-refractivity contribution >= 4 is 11.9 Å². The molecule has 3 aromatic carbocycles. The van der Waals surface area contributed by atoms with Crippen molar-refractivity contribution in [2.75, 3.05) is 21.3 Å². The maximum absolute atomic E-state index is 6.51. The van der Waals surface area contributed by atoms with Crippen LogP contribution in [-0.4, -0.2) is 56.9 Å². The van der Waals surface area contributed by atoms with Crippen molar-refractivity contribution in [1.82, 2.24) is 29.4 Å².